The molecular weight excluding hydrogens is 744 g/mol. The number of rotatable bonds is 45. The largest absolute Gasteiger partial charge is 0.472 e. The van der Waals surface area contributed by atoms with E-state index >= 15 is 0 Å². The molecule has 58 heavy (non-hydrogen) atoms. The van der Waals surface area contributed by atoms with Gasteiger partial charge in [0.25, 0.3) is 0 Å². The first-order chi connectivity index (χ1) is 28.0. The van der Waals surface area contributed by atoms with Crippen molar-refractivity contribution in [1.29, 1.82) is 0 Å². The molecule has 0 saturated carbocycles. The molecule has 8 nitrogen and oxygen atoms in total. The summed E-state index contributed by atoms with van der Waals surface area (Å²) in [5, 5.41) is 14.0. The second-order valence-corrected chi connectivity index (χ2v) is 19.6. The van der Waals surface area contributed by atoms with Gasteiger partial charge in [0.05, 0.1) is 39.9 Å². The van der Waals surface area contributed by atoms with Crippen LogP contribution >= 0.6 is 7.82 Å². The number of unbranched alkanes of at least 4 members (excludes halogenated alkanes) is 28. The molecule has 0 aromatic heterocycles. The van der Waals surface area contributed by atoms with Crippen molar-refractivity contribution in [1.82, 2.24) is 5.32 Å². The second-order valence-electron chi connectivity index (χ2n) is 18.2. The molecule has 0 saturated heterocycles. The van der Waals surface area contributed by atoms with Crippen molar-refractivity contribution in [2.45, 2.75) is 244 Å². The van der Waals surface area contributed by atoms with Crippen molar-refractivity contribution in [3.63, 3.8) is 0 Å². The Kier molecular flexibility index (Phi) is 40.6. The number of hydrogen-bond donors (Lipinski definition) is 3. The lowest BCUT2D eigenvalue weighted by Gasteiger charge is -2.26. The van der Waals surface area contributed by atoms with Gasteiger partial charge >= 0.3 is 7.82 Å². The normalized spacial score (nSPS) is 14.4. The molecule has 3 atom stereocenters. The molecule has 0 aliphatic rings. The van der Waals surface area contributed by atoms with E-state index in [-0.39, 0.29) is 19.1 Å². The summed E-state index contributed by atoms with van der Waals surface area (Å²) in [6, 6.07) is -0.766. The van der Waals surface area contributed by atoms with Crippen molar-refractivity contribution in [3.05, 3.63) is 24.3 Å². The number of quaternary nitrogens is 1. The zero-order valence-corrected chi connectivity index (χ0v) is 39.9. The first kappa shape index (κ1) is 57.0. The Bertz CT molecular complexity index is 1000. The number of nitrogens with one attached hydrogen (secondary N) is 1. The quantitative estimate of drug-likeness (QED) is 0.0244. The Labute approximate surface area is 360 Å². The molecule has 0 fully saturated rings. The number of amides is 1. The van der Waals surface area contributed by atoms with Gasteiger partial charge in [-0.05, 0) is 44.9 Å². The van der Waals surface area contributed by atoms with Crippen LogP contribution in [0.3, 0.4) is 0 Å². The number of aliphatic hydroxyl groups is 1. The van der Waals surface area contributed by atoms with Gasteiger partial charge in [0.15, 0.2) is 0 Å². The van der Waals surface area contributed by atoms with E-state index in [1.807, 2.05) is 21.1 Å². The van der Waals surface area contributed by atoms with Gasteiger partial charge in [0.1, 0.15) is 13.2 Å². The highest BCUT2D eigenvalue weighted by Gasteiger charge is 2.28. The average Bonchev–Trinajstić information content (AvgIpc) is 3.17. The summed E-state index contributed by atoms with van der Waals surface area (Å²) >= 11 is 0. The van der Waals surface area contributed by atoms with Crippen LogP contribution in [0.2, 0.25) is 0 Å². The number of aliphatic hydroxyl groups excluding tert-OH is 1. The van der Waals surface area contributed by atoms with Crippen molar-refractivity contribution >= 4 is 13.7 Å². The van der Waals surface area contributed by atoms with Crippen molar-refractivity contribution < 1.29 is 32.9 Å². The fraction of sp³-hybridized carbons (Fsp3) is 0.898. The van der Waals surface area contributed by atoms with E-state index in [0.717, 1.165) is 64.2 Å². The lowest BCUT2D eigenvalue weighted by Crippen LogP contribution is -2.46. The molecule has 344 valence electrons. The van der Waals surface area contributed by atoms with E-state index in [1.165, 1.54) is 141 Å². The summed E-state index contributed by atoms with van der Waals surface area (Å²) in [5.74, 6) is -0.157. The minimum absolute atomic E-state index is 0.0725. The highest BCUT2D eigenvalue weighted by molar-refractivity contribution is 7.47. The Balaban J connectivity index is 4.27. The summed E-state index contributed by atoms with van der Waals surface area (Å²) in [6.07, 6.45) is 49.2. The van der Waals surface area contributed by atoms with E-state index in [0.29, 0.717) is 23.9 Å². The van der Waals surface area contributed by atoms with E-state index < -0.39 is 20.0 Å². The summed E-state index contributed by atoms with van der Waals surface area (Å²) in [7, 11) is 1.61. The summed E-state index contributed by atoms with van der Waals surface area (Å²) < 4.78 is 23.7. The maximum Gasteiger partial charge on any atom is 0.472 e. The second kappa shape index (κ2) is 41.3. The van der Waals surface area contributed by atoms with Crippen LogP contribution in [0.25, 0.3) is 0 Å². The molecule has 1 amide bonds. The first-order valence-electron chi connectivity index (χ1n) is 24.7. The molecule has 9 heteroatoms. The molecule has 0 heterocycles. The van der Waals surface area contributed by atoms with E-state index in [2.05, 4.69) is 43.5 Å². The van der Waals surface area contributed by atoms with Gasteiger partial charge in [0.2, 0.25) is 5.91 Å². The Morgan fingerprint density at radius 2 is 0.983 bits per heavy atom. The third kappa shape index (κ3) is 43.1. The predicted molar refractivity (Wildman–Crippen MR) is 249 cm³/mol. The van der Waals surface area contributed by atoms with Crippen LogP contribution in [-0.2, 0) is 18.4 Å². The molecule has 0 aliphatic carbocycles. The summed E-state index contributed by atoms with van der Waals surface area (Å²) in [4.78, 5) is 23.2. The third-order valence-corrected chi connectivity index (χ3v) is 12.2. The summed E-state index contributed by atoms with van der Waals surface area (Å²) in [5.41, 5.74) is 0. The molecule has 0 spiro atoms. The molecule has 0 rings (SSSR count). The maximum absolute atomic E-state index is 12.9. The van der Waals surface area contributed by atoms with Crippen LogP contribution in [0.15, 0.2) is 24.3 Å². The zero-order valence-electron chi connectivity index (χ0n) is 39.0. The fourth-order valence-corrected chi connectivity index (χ4v) is 7.99. The van der Waals surface area contributed by atoms with Crippen molar-refractivity contribution in [2.75, 3.05) is 40.9 Å². The molecule has 0 bridgehead atoms. The highest BCUT2D eigenvalue weighted by atomic mass is 31.2. The van der Waals surface area contributed by atoms with Gasteiger partial charge < -0.3 is 19.8 Å². The molecule has 3 unspecified atom stereocenters. The Morgan fingerprint density at radius 3 is 1.45 bits per heavy atom. The van der Waals surface area contributed by atoms with Crippen LogP contribution in [-0.4, -0.2) is 73.4 Å². The monoisotopic (exact) mass is 842 g/mol. The molecule has 0 aliphatic heterocycles. The van der Waals surface area contributed by atoms with Gasteiger partial charge in [-0.1, -0.05) is 205 Å². The lowest BCUT2D eigenvalue weighted by molar-refractivity contribution is -0.870. The first-order valence-corrected chi connectivity index (χ1v) is 26.2. The number of phosphoric ester groups is 1. The smallest absolute Gasteiger partial charge is 0.391 e. The van der Waals surface area contributed by atoms with Gasteiger partial charge in [-0.3, -0.25) is 13.8 Å². The fourth-order valence-electron chi connectivity index (χ4n) is 7.25. The van der Waals surface area contributed by atoms with E-state index in [4.69, 9.17) is 9.05 Å². The number of hydrogen-bond acceptors (Lipinski definition) is 5. The topological polar surface area (TPSA) is 105 Å². The molecule has 0 aromatic rings. The number of carbonyl (C=O) groups excluding carboxylic acids is 1. The lowest BCUT2D eigenvalue weighted by atomic mass is 10.0. The standard InChI is InChI=1S/C49H97N2O6P/c1-6-8-10-12-14-16-18-20-22-23-24-25-26-27-29-30-32-34-36-38-40-42-48(52)47(46-57-58(54,55)56-45-44-51(3,4)5)50-49(53)43-41-39-37-35-33-31-28-21-19-17-15-13-11-9-7-2/h15,17,21,28,47-48,52H,6-14,16,18-20,22-27,29-46H2,1-5H3,(H-,50,53,54,55)/p+1/b17-15-,28-21-. The summed E-state index contributed by atoms with van der Waals surface area (Å²) in [6.45, 7) is 4.87. The molecule has 3 N–H and O–H groups in total. The number of likely N-dealkylation sites (N-methyl/N-ethyl adjacent to an activating group) is 1. The maximum atomic E-state index is 12.9. The van der Waals surface area contributed by atoms with Gasteiger partial charge in [-0.25, -0.2) is 4.57 Å². The minimum Gasteiger partial charge on any atom is -0.391 e. The molecule has 0 aromatic carbocycles. The number of nitrogens with zero attached hydrogens (tertiary/aromatic N) is 1. The number of phosphoric acid groups is 1. The van der Waals surface area contributed by atoms with Crippen LogP contribution in [0.4, 0.5) is 0 Å². The van der Waals surface area contributed by atoms with Crippen LogP contribution < -0.4 is 5.32 Å². The van der Waals surface area contributed by atoms with Crippen LogP contribution in [0.1, 0.15) is 232 Å². The van der Waals surface area contributed by atoms with Crippen molar-refractivity contribution in [3.8, 4) is 0 Å². The van der Waals surface area contributed by atoms with Gasteiger partial charge in [-0.15, -0.1) is 0 Å². The van der Waals surface area contributed by atoms with E-state index in [9.17, 15) is 19.4 Å². The third-order valence-electron chi connectivity index (χ3n) is 11.2. The van der Waals surface area contributed by atoms with Crippen LogP contribution in [0, 0.1) is 0 Å². The van der Waals surface area contributed by atoms with Crippen LogP contribution in [0.5, 0.6) is 0 Å². The molecular formula is C49H98N2O6P+. The van der Waals surface area contributed by atoms with Crippen molar-refractivity contribution in [2.24, 2.45) is 0 Å². The molecule has 0 radical (unpaired) electrons. The van der Waals surface area contributed by atoms with Gasteiger partial charge in [-0.2, -0.15) is 0 Å². The zero-order chi connectivity index (χ0) is 42.8. The average molecular weight is 842 g/mol. The van der Waals surface area contributed by atoms with E-state index in [1.54, 1.807) is 0 Å². The Hall–Kier alpha value is -1.02. The SMILES string of the molecule is CCCCC/C=C\C/C=C\CCCCCCCC(=O)NC(COP(=O)(O)OCC[N+](C)(C)C)C(O)CCCCCCCCCCCCCCCCCCCCCCC. The minimum atomic E-state index is -4.32. The number of allylic oxidation sites excluding steroid dienone is 4. The Morgan fingerprint density at radius 1 is 0.586 bits per heavy atom. The van der Waals surface area contributed by atoms with Gasteiger partial charge in [0, 0.05) is 6.42 Å². The highest BCUT2D eigenvalue weighted by Crippen LogP contribution is 2.43. The predicted octanol–water partition coefficient (Wildman–Crippen LogP) is 14.1. The number of carbonyl (C=O) groups is 1.